The van der Waals surface area contributed by atoms with Gasteiger partial charge in [-0.2, -0.15) is 0 Å². The fourth-order valence-corrected chi connectivity index (χ4v) is 4.83. The first kappa shape index (κ1) is 34.1. The molecule has 0 amide bonds. The van der Waals surface area contributed by atoms with Crippen LogP contribution in [0.5, 0.6) is 0 Å². The highest BCUT2D eigenvalue weighted by Crippen LogP contribution is 2.14. The molecule has 0 unspecified atom stereocenters. The summed E-state index contributed by atoms with van der Waals surface area (Å²) in [5, 5.41) is 29.3. The van der Waals surface area contributed by atoms with Gasteiger partial charge in [0.1, 0.15) is 6.54 Å². The van der Waals surface area contributed by atoms with Gasteiger partial charge in [-0.1, -0.05) is 103 Å². The zero-order valence-corrected chi connectivity index (χ0v) is 22.9. The highest BCUT2D eigenvalue weighted by Gasteiger charge is 2.33. The van der Waals surface area contributed by atoms with Crippen molar-refractivity contribution >= 4 is 17.9 Å². The van der Waals surface area contributed by atoms with Crippen LogP contribution in [0.25, 0.3) is 0 Å². The maximum atomic E-state index is 11.2. The van der Waals surface area contributed by atoms with E-state index >= 15 is 0 Å². The van der Waals surface area contributed by atoms with Crippen molar-refractivity contribution < 1.29 is 34.2 Å². The Bertz CT molecular complexity index is 564. The van der Waals surface area contributed by atoms with Crippen molar-refractivity contribution in [1.29, 1.82) is 0 Å². The summed E-state index contributed by atoms with van der Waals surface area (Å²) in [5.41, 5.74) is 0. The monoisotopic (exact) mass is 511 g/mol. The van der Waals surface area contributed by atoms with Crippen molar-refractivity contribution in [3.8, 4) is 0 Å². The second-order valence-electron chi connectivity index (χ2n) is 10.4. The first-order valence-electron chi connectivity index (χ1n) is 14.4. The molecule has 0 aliphatic carbocycles. The van der Waals surface area contributed by atoms with Crippen LogP contribution in [-0.2, 0) is 14.4 Å². The average molecular weight is 512 g/mol. The standard InChI is InChI=1S/C29H53NO6/c1-2-3-4-5-6-7-8-9-10-11-12-13-14-15-16-17-18-19-20-21-22-23-30(24-27(31)32,25-28(33)34)26-29(35)36/h16-17H,2-15,18-26H2,1H3,(H2-,31,32,33,34,35,36)/b17-16+. The number of rotatable bonds is 27. The Morgan fingerprint density at radius 1 is 0.583 bits per heavy atom. The highest BCUT2D eigenvalue weighted by atomic mass is 16.4. The Labute approximate surface area is 219 Å². The number of quaternary nitrogens is 1. The highest BCUT2D eigenvalue weighted by molar-refractivity contribution is 5.72. The summed E-state index contributed by atoms with van der Waals surface area (Å²) in [6.45, 7) is 0.826. The molecule has 0 heterocycles. The average Bonchev–Trinajstić information content (AvgIpc) is 2.78. The Hall–Kier alpha value is -1.89. The SMILES string of the molecule is CCCCCCCCCCCCCCC/C=C/CCCCCC[N+](CC(=O)[O-])(CC(=O)O)CC(=O)O. The van der Waals surface area contributed by atoms with E-state index in [0.29, 0.717) is 6.42 Å². The third kappa shape index (κ3) is 22.6. The topological polar surface area (TPSA) is 115 Å². The number of hydrogen-bond acceptors (Lipinski definition) is 4. The minimum atomic E-state index is -1.42. The predicted octanol–water partition coefficient (Wildman–Crippen LogP) is 5.71. The van der Waals surface area contributed by atoms with Gasteiger partial charge >= 0.3 is 11.9 Å². The lowest BCUT2D eigenvalue weighted by Crippen LogP contribution is -2.59. The van der Waals surface area contributed by atoms with Gasteiger partial charge in [-0.05, 0) is 38.5 Å². The first-order chi connectivity index (χ1) is 17.3. The molecule has 0 aromatic heterocycles. The molecule has 0 saturated carbocycles. The summed E-state index contributed by atoms with van der Waals surface area (Å²) >= 11 is 0. The van der Waals surface area contributed by atoms with E-state index in [1.54, 1.807) is 0 Å². The van der Waals surface area contributed by atoms with Gasteiger partial charge in [0.15, 0.2) is 13.1 Å². The molecule has 0 fully saturated rings. The van der Waals surface area contributed by atoms with Crippen LogP contribution < -0.4 is 5.11 Å². The minimum absolute atomic E-state index is 0.210. The minimum Gasteiger partial charge on any atom is -0.544 e. The second kappa shape index (κ2) is 23.5. The fraction of sp³-hybridized carbons (Fsp3) is 0.828. The summed E-state index contributed by atoms with van der Waals surface area (Å²) in [6.07, 6.45) is 27.8. The van der Waals surface area contributed by atoms with Gasteiger partial charge in [-0.25, -0.2) is 9.59 Å². The van der Waals surface area contributed by atoms with E-state index in [0.717, 1.165) is 32.1 Å². The van der Waals surface area contributed by atoms with Crippen LogP contribution in [0.4, 0.5) is 0 Å². The molecule has 0 rings (SSSR count). The molecule has 0 saturated heterocycles. The van der Waals surface area contributed by atoms with Crippen LogP contribution in [0, 0.1) is 0 Å². The van der Waals surface area contributed by atoms with Gasteiger partial charge < -0.3 is 24.6 Å². The second-order valence-corrected chi connectivity index (χ2v) is 10.4. The molecule has 0 radical (unpaired) electrons. The number of carboxylic acid groups (broad SMARTS) is 3. The van der Waals surface area contributed by atoms with E-state index in [1.807, 2.05) is 0 Å². The molecule has 0 aromatic carbocycles. The van der Waals surface area contributed by atoms with Crippen LogP contribution in [-0.4, -0.2) is 58.8 Å². The third-order valence-electron chi connectivity index (χ3n) is 6.80. The molecule has 36 heavy (non-hydrogen) atoms. The molecule has 210 valence electrons. The number of carbonyl (C=O) groups is 3. The Morgan fingerprint density at radius 3 is 1.31 bits per heavy atom. The number of unbranched alkanes of at least 4 members (excludes halogenated alkanes) is 17. The summed E-state index contributed by atoms with van der Waals surface area (Å²) in [4.78, 5) is 33.4. The van der Waals surface area contributed by atoms with E-state index in [9.17, 15) is 19.5 Å². The zero-order chi connectivity index (χ0) is 26.9. The molecule has 0 spiro atoms. The number of carboxylic acids is 3. The van der Waals surface area contributed by atoms with Crippen molar-refractivity contribution in [2.45, 2.75) is 129 Å². The van der Waals surface area contributed by atoms with E-state index in [2.05, 4.69) is 19.1 Å². The molecule has 0 bridgehead atoms. The Morgan fingerprint density at radius 2 is 0.944 bits per heavy atom. The number of hydrogen-bond donors (Lipinski definition) is 2. The van der Waals surface area contributed by atoms with Gasteiger partial charge in [0, 0.05) is 0 Å². The van der Waals surface area contributed by atoms with Crippen molar-refractivity contribution in [2.24, 2.45) is 0 Å². The van der Waals surface area contributed by atoms with Gasteiger partial charge in [0.05, 0.1) is 12.5 Å². The molecular formula is C29H53NO6. The van der Waals surface area contributed by atoms with E-state index in [4.69, 9.17) is 10.2 Å². The number of nitrogens with zero attached hydrogens (tertiary/aromatic N) is 1. The van der Waals surface area contributed by atoms with Crippen LogP contribution in [0.15, 0.2) is 12.2 Å². The summed E-state index contributed by atoms with van der Waals surface area (Å²) < 4.78 is -0.508. The smallest absolute Gasteiger partial charge is 0.359 e. The van der Waals surface area contributed by atoms with E-state index in [1.165, 1.54) is 83.5 Å². The molecule has 0 aromatic rings. The van der Waals surface area contributed by atoms with Crippen LogP contribution in [0.2, 0.25) is 0 Å². The molecule has 0 atom stereocenters. The van der Waals surface area contributed by atoms with E-state index in [-0.39, 0.29) is 6.54 Å². The predicted molar refractivity (Wildman–Crippen MR) is 143 cm³/mol. The van der Waals surface area contributed by atoms with Crippen LogP contribution >= 0.6 is 0 Å². The lowest BCUT2D eigenvalue weighted by Gasteiger charge is -2.36. The summed E-state index contributed by atoms with van der Waals surface area (Å²) in [6, 6.07) is 0. The molecule has 2 N–H and O–H groups in total. The van der Waals surface area contributed by atoms with Crippen LogP contribution in [0.1, 0.15) is 129 Å². The number of aliphatic carboxylic acids is 3. The largest absolute Gasteiger partial charge is 0.544 e. The maximum absolute atomic E-state index is 11.2. The van der Waals surface area contributed by atoms with Crippen LogP contribution in [0.3, 0.4) is 0 Å². The van der Waals surface area contributed by atoms with Crippen molar-refractivity contribution in [3.05, 3.63) is 12.2 Å². The normalized spacial score (nSPS) is 11.8. The number of carbonyl (C=O) groups excluding carboxylic acids is 1. The Balaban J connectivity index is 3.72. The summed E-state index contributed by atoms with van der Waals surface area (Å²) in [5.74, 6) is -3.83. The van der Waals surface area contributed by atoms with Crippen molar-refractivity contribution in [1.82, 2.24) is 0 Å². The fourth-order valence-electron chi connectivity index (χ4n) is 4.83. The zero-order valence-electron chi connectivity index (χ0n) is 22.9. The maximum Gasteiger partial charge on any atom is 0.359 e. The van der Waals surface area contributed by atoms with Gasteiger partial charge in [0.2, 0.25) is 0 Å². The molecule has 7 nitrogen and oxygen atoms in total. The third-order valence-corrected chi connectivity index (χ3v) is 6.80. The summed E-state index contributed by atoms with van der Waals surface area (Å²) in [7, 11) is 0. The van der Waals surface area contributed by atoms with Crippen molar-refractivity contribution in [3.63, 3.8) is 0 Å². The quantitative estimate of drug-likeness (QED) is 0.0829. The van der Waals surface area contributed by atoms with Gasteiger partial charge in [-0.15, -0.1) is 0 Å². The number of allylic oxidation sites excluding steroid dienone is 2. The van der Waals surface area contributed by atoms with Crippen molar-refractivity contribution in [2.75, 3.05) is 26.2 Å². The molecule has 7 heteroatoms. The first-order valence-corrected chi connectivity index (χ1v) is 14.4. The van der Waals surface area contributed by atoms with Gasteiger partial charge in [-0.3, -0.25) is 0 Å². The Kier molecular flexibility index (Phi) is 22.3. The lowest BCUT2D eigenvalue weighted by atomic mass is 10.0. The molecular weight excluding hydrogens is 458 g/mol. The lowest BCUT2D eigenvalue weighted by molar-refractivity contribution is -0.909. The molecule has 0 aliphatic rings. The van der Waals surface area contributed by atoms with E-state index < -0.39 is 42.0 Å². The van der Waals surface area contributed by atoms with Gasteiger partial charge in [0.25, 0.3) is 0 Å². The molecule has 0 aliphatic heterocycles.